The molecule has 1 fully saturated rings. The van der Waals surface area contributed by atoms with Gasteiger partial charge in [-0.3, -0.25) is 25.2 Å². The van der Waals surface area contributed by atoms with Crippen LogP contribution >= 0.6 is 69.6 Å². The van der Waals surface area contributed by atoms with E-state index in [2.05, 4.69) is 10.9 Å². The Balaban J connectivity index is 1.59. The molecule has 3 aliphatic rings. The van der Waals surface area contributed by atoms with Crippen LogP contribution in [0.4, 0.5) is 0 Å². The van der Waals surface area contributed by atoms with E-state index in [0.29, 0.717) is 11.5 Å². The minimum absolute atomic E-state index is 0.0167. The summed E-state index contributed by atoms with van der Waals surface area (Å²) in [5.74, 6) is -5.91. The van der Waals surface area contributed by atoms with Crippen molar-refractivity contribution in [2.45, 2.75) is 14.1 Å². The molecule has 0 unspecified atom stereocenters. The van der Waals surface area contributed by atoms with E-state index in [-0.39, 0.29) is 22.4 Å². The van der Waals surface area contributed by atoms with Gasteiger partial charge < -0.3 is 14.6 Å². The second-order valence-corrected chi connectivity index (χ2v) is 10.2. The van der Waals surface area contributed by atoms with E-state index in [9.17, 15) is 19.5 Å². The van der Waals surface area contributed by atoms with Crippen molar-refractivity contribution in [3.8, 4) is 11.5 Å². The Labute approximate surface area is 204 Å². The third-order valence-electron chi connectivity index (χ3n) is 5.42. The zero-order chi connectivity index (χ0) is 22.9. The molecule has 0 radical (unpaired) electrons. The first-order valence-electron chi connectivity index (χ1n) is 8.43. The highest BCUT2D eigenvalue weighted by molar-refractivity contribution is 6.66. The number of halogens is 6. The fourth-order valence-corrected chi connectivity index (χ4v) is 6.87. The summed E-state index contributed by atoms with van der Waals surface area (Å²) in [5.41, 5.74) is 4.41. The van der Waals surface area contributed by atoms with Crippen molar-refractivity contribution >= 4 is 87.4 Å². The molecule has 3 N–H and O–H groups in total. The molecule has 2 aliphatic carbocycles. The molecular formula is C17H10Cl6N2O6. The normalized spacial score (nSPS) is 32.2. The highest BCUT2D eigenvalue weighted by Gasteiger charge is 2.85. The molecule has 0 spiro atoms. The summed E-state index contributed by atoms with van der Waals surface area (Å²) in [6, 6.07) is 4.35. The Kier molecular flexibility index (Phi) is 5.44. The quantitative estimate of drug-likeness (QED) is 0.393. The maximum atomic E-state index is 12.9. The molecular weight excluding hydrogens is 541 g/mol. The highest BCUT2D eigenvalue weighted by atomic mass is 35.5. The minimum atomic E-state index is -2.25. The number of aliphatic carboxylic acids is 1. The molecule has 2 bridgehead atoms. The van der Waals surface area contributed by atoms with Crippen LogP contribution in [0.1, 0.15) is 10.4 Å². The maximum Gasteiger partial charge on any atom is 0.309 e. The number of carboxylic acids is 1. The smallest absolute Gasteiger partial charge is 0.309 e. The van der Waals surface area contributed by atoms with Gasteiger partial charge in [-0.1, -0.05) is 46.4 Å². The Hall–Kier alpha value is -1.29. The average molecular weight is 551 g/mol. The zero-order valence-electron chi connectivity index (χ0n) is 14.9. The van der Waals surface area contributed by atoms with Gasteiger partial charge in [0.05, 0.1) is 21.9 Å². The van der Waals surface area contributed by atoms with Crippen LogP contribution in [-0.2, 0) is 9.59 Å². The number of alkyl halides is 4. The molecule has 1 heterocycles. The first-order valence-corrected chi connectivity index (χ1v) is 10.7. The molecule has 166 valence electrons. The number of carbonyl (C=O) groups excluding carboxylic acids is 2. The van der Waals surface area contributed by atoms with E-state index in [4.69, 9.17) is 79.1 Å². The van der Waals surface area contributed by atoms with Crippen molar-refractivity contribution in [3.05, 3.63) is 33.8 Å². The summed E-state index contributed by atoms with van der Waals surface area (Å²) < 4.78 is 8.11. The third-order valence-corrected chi connectivity index (χ3v) is 9.68. The van der Waals surface area contributed by atoms with Crippen LogP contribution < -0.4 is 20.3 Å². The number of ether oxygens (including phenoxy) is 2. The van der Waals surface area contributed by atoms with Gasteiger partial charge in [-0.15, -0.1) is 23.2 Å². The van der Waals surface area contributed by atoms with Gasteiger partial charge in [0.15, 0.2) is 15.8 Å². The van der Waals surface area contributed by atoms with Crippen LogP contribution in [0.15, 0.2) is 28.3 Å². The summed E-state index contributed by atoms with van der Waals surface area (Å²) in [5, 5.41) is 9.02. The van der Waals surface area contributed by atoms with Gasteiger partial charge >= 0.3 is 5.97 Å². The van der Waals surface area contributed by atoms with E-state index in [0.717, 1.165) is 0 Å². The zero-order valence-corrected chi connectivity index (χ0v) is 19.4. The molecule has 4 rings (SSSR count). The van der Waals surface area contributed by atoms with Crippen LogP contribution in [-0.4, -0.2) is 43.8 Å². The second-order valence-electron chi connectivity index (χ2n) is 6.93. The standard InChI is InChI=1S/C17H10Cl6N2O6/c18-10-11(19)16(21)9(14(28)29)8(15(10,20)17(16,22)23)13(27)25-24-12(26)5-1-2-6-7(3-5)31-4-30-6/h1-3,8-9H,4H2,(H,24,26)(H,25,27)(H,28,29)/t8-,9+,15-,16-/m0/s1. The number of benzene rings is 1. The maximum absolute atomic E-state index is 12.9. The van der Waals surface area contributed by atoms with Gasteiger partial charge in [0.1, 0.15) is 9.75 Å². The monoisotopic (exact) mass is 548 g/mol. The van der Waals surface area contributed by atoms with Crippen LogP contribution in [0.2, 0.25) is 0 Å². The number of hydrogen-bond donors (Lipinski definition) is 3. The average Bonchev–Trinajstić information content (AvgIpc) is 3.27. The summed E-state index contributed by atoms with van der Waals surface area (Å²) >= 11 is 37.9. The molecule has 1 aromatic carbocycles. The summed E-state index contributed by atoms with van der Waals surface area (Å²) in [6.45, 7) is 0.0167. The Morgan fingerprint density at radius 3 is 2.13 bits per heavy atom. The topological polar surface area (TPSA) is 114 Å². The summed E-state index contributed by atoms with van der Waals surface area (Å²) in [4.78, 5) is 33.0. The first-order chi connectivity index (χ1) is 14.4. The van der Waals surface area contributed by atoms with Gasteiger partial charge in [-0.05, 0) is 18.2 Å². The second kappa shape index (κ2) is 7.37. The largest absolute Gasteiger partial charge is 0.481 e. The number of rotatable bonds is 3. The lowest BCUT2D eigenvalue weighted by atomic mass is 9.81. The summed E-state index contributed by atoms with van der Waals surface area (Å²) in [6.07, 6.45) is 0. The summed E-state index contributed by atoms with van der Waals surface area (Å²) in [7, 11) is 0. The van der Waals surface area contributed by atoms with Crippen molar-refractivity contribution < 1.29 is 29.0 Å². The van der Waals surface area contributed by atoms with Gasteiger partial charge in [0.2, 0.25) is 12.7 Å². The van der Waals surface area contributed by atoms with Gasteiger partial charge in [-0.25, -0.2) is 0 Å². The van der Waals surface area contributed by atoms with Crippen molar-refractivity contribution in [3.63, 3.8) is 0 Å². The fourth-order valence-electron chi connectivity index (χ4n) is 3.93. The third kappa shape index (κ3) is 2.85. The lowest BCUT2D eigenvalue weighted by Crippen LogP contribution is -2.53. The van der Waals surface area contributed by atoms with Gasteiger partial charge in [0, 0.05) is 5.56 Å². The molecule has 31 heavy (non-hydrogen) atoms. The highest BCUT2D eigenvalue weighted by Crippen LogP contribution is 2.76. The van der Waals surface area contributed by atoms with Crippen LogP contribution in [0.25, 0.3) is 0 Å². The molecule has 0 aromatic heterocycles. The Morgan fingerprint density at radius 1 is 0.935 bits per heavy atom. The van der Waals surface area contributed by atoms with Crippen molar-refractivity contribution in [2.24, 2.45) is 11.8 Å². The molecule has 4 atom stereocenters. The van der Waals surface area contributed by atoms with Gasteiger partial charge in [0.25, 0.3) is 5.91 Å². The molecule has 1 saturated carbocycles. The van der Waals surface area contributed by atoms with Gasteiger partial charge in [-0.2, -0.15) is 0 Å². The van der Waals surface area contributed by atoms with Crippen molar-refractivity contribution in [2.75, 3.05) is 6.79 Å². The molecule has 14 heteroatoms. The number of hydrazine groups is 1. The van der Waals surface area contributed by atoms with E-state index >= 15 is 0 Å². The van der Waals surface area contributed by atoms with Crippen molar-refractivity contribution in [1.29, 1.82) is 0 Å². The number of carboxylic acid groups (broad SMARTS) is 1. The minimum Gasteiger partial charge on any atom is -0.481 e. The SMILES string of the molecule is O=C(NNC(=O)[C@@H]1[C@H](C(=O)O)[C@]2(Cl)C(Cl)=C(Cl)[C@]1(Cl)C2(Cl)Cl)c1ccc2c(c1)OCO2. The molecule has 0 saturated heterocycles. The number of hydrogen-bond acceptors (Lipinski definition) is 5. The number of nitrogens with one attached hydrogen (secondary N) is 2. The Morgan fingerprint density at radius 2 is 1.52 bits per heavy atom. The van der Waals surface area contributed by atoms with Crippen LogP contribution in [0.5, 0.6) is 11.5 Å². The molecule has 2 amide bonds. The molecule has 1 aliphatic heterocycles. The Bertz CT molecular complexity index is 1060. The van der Waals surface area contributed by atoms with E-state index in [1.165, 1.54) is 18.2 Å². The van der Waals surface area contributed by atoms with E-state index in [1.807, 2.05) is 0 Å². The van der Waals surface area contributed by atoms with Crippen molar-refractivity contribution in [1.82, 2.24) is 10.9 Å². The van der Waals surface area contributed by atoms with Crippen LogP contribution in [0, 0.1) is 11.8 Å². The number of allylic oxidation sites excluding steroid dienone is 2. The first kappa shape index (κ1) is 22.9. The number of fused-ring (bicyclic) bond motifs is 3. The lowest BCUT2D eigenvalue weighted by molar-refractivity contribution is -0.147. The van der Waals surface area contributed by atoms with E-state index in [1.54, 1.807) is 0 Å². The molecule has 8 nitrogen and oxygen atoms in total. The molecule has 1 aromatic rings. The van der Waals surface area contributed by atoms with E-state index < -0.39 is 43.7 Å². The number of amides is 2. The predicted molar refractivity (Wildman–Crippen MR) is 113 cm³/mol. The fraction of sp³-hybridized carbons (Fsp3) is 0.353. The number of carbonyl (C=O) groups is 3. The predicted octanol–water partition coefficient (Wildman–Crippen LogP) is 3.34. The van der Waals surface area contributed by atoms with Crippen LogP contribution in [0.3, 0.4) is 0 Å². The lowest BCUT2D eigenvalue weighted by Gasteiger charge is -2.33.